The zero-order chi connectivity index (χ0) is 19.4. The second kappa shape index (κ2) is 8.55. The molecule has 3 rings (SSSR count). The number of ether oxygens (including phenoxy) is 2. The van der Waals surface area contributed by atoms with E-state index < -0.39 is 11.9 Å². The Bertz CT molecular complexity index is 884. The van der Waals surface area contributed by atoms with Crippen LogP contribution in [0.1, 0.15) is 67.1 Å². The summed E-state index contributed by atoms with van der Waals surface area (Å²) in [5.41, 5.74) is 7.54. The standard InChI is InChI=1S/C19H20N2O4S2/c1-2-24-19(23)16-13(12(9-20)17(21)27-16)10-25-18(22)15-8-11-6-4-3-5-7-14(11)26-15/h8H,2-7,10,21H2,1H3. The number of nitrogen functional groups attached to an aromatic ring is 1. The van der Waals surface area contributed by atoms with Crippen LogP contribution in [0.4, 0.5) is 5.00 Å². The van der Waals surface area contributed by atoms with Crippen LogP contribution in [-0.2, 0) is 28.9 Å². The van der Waals surface area contributed by atoms with Crippen LogP contribution in [0.25, 0.3) is 0 Å². The van der Waals surface area contributed by atoms with E-state index >= 15 is 0 Å². The number of esters is 2. The van der Waals surface area contributed by atoms with Gasteiger partial charge < -0.3 is 15.2 Å². The Hall–Kier alpha value is -2.37. The number of nitriles is 1. The summed E-state index contributed by atoms with van der Waals surface area (Å²) < 4.78 is 10.4. The van der Waals surface area contributed by atoms with Crippen LogP contribution in [-0.4, -0.2) is 18.5 Å². The lowest BCUT2D eigenvalue weighted by Gasteiger charge is -2.06. The van der Waals surface area contributed by atoms with Crippen molar-refractivity contribution in [2.45, 2.75) is 45.6 Å². The number of carbonyl (C=O) groups is 2. The second-order valence-corrected chi connectivity index (χ2v) is 8.37. The van der Waals surface area contributed by atoms with Gasteiger partial charge in [0, 0.05) is 10.4 Å². The molecule has 1 aliphatic carbocycles. The summed E-state index contributed by atoms with van der Waals surface area (Å²) in [7, 11) is 0. The van der Waals surface area contributed by atoms with Gasteiger partial charge in [-0.2, -0.15) is 5.26 Å². The number of thiophene rings is 2. The van der Waals surface area contributed by atoms with E-state index in [0.29, 0.717) is 10.4 Å². The minimum atomic E-state index is -0.565. The fourth-order valence-corrected chi connectivity index (χ4v) is 5.15. The van der Waals surface area contributed by atoms with Crippen LogP contribution >= 0.6 is 22.7 Å². The number of nitrogens with zero attached hydrogens (tertiary/aromatic N) is 1. The quantitative estimate of drug-likeness (QED) is 0.595. The summed E-state index contributed by atoms with van der Waals surface area (Å²) in [6, 6.07) is 3.89. The minimum absolute atomic E-state index is 0.165. The molecule has 2 N–H and O–H groups in total. The van der Waals surface area contributed by atoms with E-state index in [1.54, 1.807) is 6.92 Å². The molecule has 0 radical (unpaired) electrons. The Morgan fingerprint density at radius 3 is 2.70 bits per heavy atom. The Morgan fingerprint density at radius 1 is 1.19 bits per heavy atom. The molecule has 0 unspecified atom stereocenters. The van der Waals surface area contributed by atoms with Crippen molar-refractivity contribution in [1.82, 2.24) is 0 Å². The first-order valence-electron chi connectivity index (χ1n) is 8.82. The van der Waals surface area contributed by atoms with Gasteiger partial charge in [-0.05, 0) is 44.2 Å². The number of carbonyl (C=O) groups excluding carboxylic acids is 2. The lowest BCUT2D eigenvalue weighted by atomic mass is 10.1. The van der Waals surface area contributed by atoms with E-state index in [9.17, 15) is 14.9 Å². The summed E-state index contributed by atoms with van der Waals surface area (Å²) in [6.45, 7) is 1.71. The molecular weight excluding hydrogens is 384 g/mol. The molecule has 1 aliphatic rings. The SMILES string of the molecule is CCOC(=O)c1sc(N)c(C#N)c1COC(=O)c1cc2c(s1)CCCCC2. The van der Waals surface area contributed by atoms with Crippen molar-refractivity contribution >= 4 is 39.6 Å². The zero-order valence-corrected chi connectivity index (χ0v) is 16.6. The lowest BCUT2D eigenvalue weighted by Crippen LogP contribution is -2.09. The number of rotatable bonds is 5. The molecule has 0 atom stereocenters. The molecule has 0 aliphatic heterocycles. The molecule has 2 aromatic heterocycles. The van der Waals surface area contributed by atoms with E-state index in [0.717, 1.165) is 37.0 Å². The first-order valence-corrected chi connectivity index (χ1v) is 10.5. The van der Waals surface area contributed by atoms with Crippen molar-refractivity contribution in [2.24, 2.45) is 0 Å². The number of aryl methyl sites for hydroxylation is 2. The molecule has 0 saturated heterocycles. The monoisotopic (exact) mass is 404 g/mol. The van der Waals surface area contributed by atoms with Crippen LogP contribution < -0.4 is 5.73 Å². The second-order valence-electron chi connectivity index (χ2n) is 6.18. The Kier molecular flexibility index (Phi) is 6.14. The van der Waals surface area contributed by atoms with Crippen molar-refractivity contribution in [1.29, 1.82) is 5.26 Å². The topological polar surface area (TPSA) is 102 Å². The number of nitrogens with two attached hydrogens (primary N) is 1. The van der Waals surface area contributed by atoms with Crippen molar-refractivity contribution < 1.29 is 19.1 Å². The van der Waals surface area contributed by atoms with Crippen molar-refractivity contribution in [3.63, 3.8) is 0 Å². The number of hydrogen-bond donors (Lipinski definition) is 1. The third-order valence-corrected chi connectivity index (χ3v) is 6.66. The molecule has 0 saturated carbocycles. The maximum absolute atomic E-state index is 12.5. The Morgan fingerprint density at radius 2 is 1.96 bits per heavy atom. The molecule has 27 heavy (non-hydrogen) atoms. The van der Waals surface area contributed by atoms with Gasteiger partial charge in [-0.3, -0.25) is 0 Å². The molecule has 0 fully saturated rings. The zero-order valence-electron chi connectivity index (χ0n) is 15.0. The molecule has 0 bridgehead atoms. The van der Waals surface area contributed by atoms with Crippen molar-refractivity contribution in [3.05, 3.63) is 37.4 Å². The Balaban J connectivity index is 1.77. The number of hydrogen-bond acceptors (Lipinski definition) is 8. The lowest BCUT2D eigenvalue weighted by molar-refractivity contribution is 0.0457. The van der Waals surface area contributed by atoms with Crippen molar-refractivity contribution in [3.8, 4) is 6.07 Å². The molecule has 6 nitrogen and oxygen atoms in total. The molecule has 0 aromatic carbocycles. The smallest absolute Gasteiger partial charge is 0.348 e. The predicted octanol–water partition coefficient (Wildman–Crippen LogP) is 4.07. The molecule has 0 amide bonds. The average molecular weight is 405 g/mol. The third-order valence-electron chi connectivity index (χ3n) is 4.40. The highest BCUT2D eigenvalue weighted by Crippen LogP contribution is 2.33. The van der Waals surface area contributed by atoms with Gasteiger partial charge in [-0.25, -0.2) is 9.59 Å². The summed E-state index contributed by atoms with van der Waals surface area (Å²) in [5, 5.41) is 9.55. The fourth-order valence-electron chi connectivity index (χ4n) is 3.08. The van der Waals surface area contributed by atoms with E-state index in [2.05, 4.69) is 0 Å². The van der Waals surface area contributed by atoms with Gasteiger partial charge in [-0.15, -0.1) is 22.7 Å². The van der Waals surface area contributed by atoms with Gasteiger partial charge in [0.05, 0.1) is 12.2 Å². The summed E-state index contributed by atoms with van der Waals surface area (Å²) in [5.74, 6) is -1.01. The minimum Gasteiger partial charge on any atom is -0.462 e. The van der Waals surface area contributed by atoms with Crippen LogP contribution in [0, 0.1) is 11.3 Å². The van der Waals surface area contributed by atoms with E-state index in [1.165, 1.54) is 28.2 Å². The fraction of sp³-hybridized carbons (Fsp3) is 0.421. The van der Waals surface area contributed by atoms with Gasteiger partial charge in [0.25, 0.3) is 0 Å². The van der Waals surface area contributed by atoms with E-state index in [-0.39, 0.29) is 28.7 Å². The number of fused-ring (bicyclic) bond motifs is 1. The van der Waals surface area contributed by atoms with Gasteiger partial charge >= 0.3 is 11.9 Å². The molecule has 142 valence electrons. The maximum atomic E-state index is 12.5. The summed E-state index contributed by atoms with van der Waals surface area (Å²) in [6.07, 6.45) is 5.49. The molecular formula is C19H20N2O4S2. The summed E-state index contributed by atoms with van der Waals surface area (Å²) in [4.78, 5) is 26.6. The van der Waals surface area contributed by atoms with E-state index in [1.807, 2.05) is 12.1 Å². The Labute approximate surface area is 165 Å². The highest BCUT2D eigenvalue weighted by Gasteiger charge is 2.25. The van der Waals surface area contributed by atoms with Gasteiger partial charge in [0.2, 0.25) is 0 Å². The third kappa shape index (κ3) is 4.15. The van der Waals surface area contributed by atoms with E-state index in [4.69, 9.17) is 15.2 Å². The molecule has 0 spiro atoms. The molecule has 2 aromatic rings. The van der Waals surface area contributed by atoms with Crippen LogP contribution in [0.3, 0.4) is 0 Å². The number of anilines is 1. The van der Waals surface area contributed by atoms with Crippen LogP contribution in [0.2, 0.25) is 0 Å². The van der Waals surface area contributed by atoms with Crippen molar-refractivity contribution in [2.75, 3.05) is 12.3 Å². The normalized spacial score (nSPS) is 13.3. The predicted molar refractivity (Wildman–Crippen MR) is 104 cm³/mol. The molecule has 8 heteroatoms. The highest BCUT2D eigenvalue weighted by atomic mass is 32.1. The van der Waals surface area contributed by atoms with Gasteiger partial charge in [-0.1, -0.05) is 6.42 Å². The first kappa shape index (κ1) is 19.4. The maximum Gasteiger partial charge on any atom is 0.348 e. The highest BCUT2D eigenvalue weighted by molar-refractivity contribution is 7.18. The largest absolute Gasteiger partial charge is 0.462 e. The first-order chi connectivity index (χ1) is 13.0. The van der Waals surface area contributed by atoms with Crippen LogP contribution in [0.5, 0.6) is 0 Å². The average Bonchev–Trinajstić information content (AvgIpc) is 3.12. The van der Waals surface area contributed by atoms with Crippen LogP contribution in [0.15, 0.2) is 6.07 Å². The van der Waals surface area contributed by atoms with Gasteiger partial charge in [0.1, 0.15) is 27.4 Å². The summed E-state index contributed by atoms with van der Waals surface area (Å²) >= 11 is 2.45. The molecule has 2 heterocycles. The van der Waals surface area contributed by atoms with Gasteiger partial charge in [0.15, 0.2) is 0 Å².